The molecule has 0 bridgehead atoms. The molecule has 0 spiro atoms. The van der Waals surface area contributed by atoms with Gasteiger partial charge in [0, 0.05) is 18.8 Å². The topological polar surface area (TPSA) is 38.0 Å². The van der Waals surface area contributed by atoms with Crippen LogP contribution < -0.4 is 11.1 Å². The minimum atomic E-state index is 0.120. The first-order valence-corrected chi connectivity index (χ1v) is 6.80. The highest BCUT2D eigenvalue weighted by Gasteiger charge is 2.16. The number of allylic oxidation sites excluding steroid dienone is 3. The molecule has 3 heteroatoms. The van der Waals surface area contributed by atoms with E-state index in [0.717, 1.165) is 19.4 Å². The van der Waals surface area contributed by atoms with Crippen molar-refractivity contribution in [1.82, 2.24) is 5.32 Å². The number of hydrogen-bond acceptors (Lipinski definition) is 2. The van der Waals surface area contributed by atoms with Crippen molar-refractivity contribution in [2.75, 3.05) is 6.54 Å². The lowest BCUT2D eigenvalue weighted by molar-refractivity contribution is 0.743. The summed E-state index contributed by atoms with van der Waals surface area (Å²) in [5.74, 6) is 0. The van der Waals surface area contributed by atoms with E-state index in [1.165, 1.54) is 34.2 Å². The molecule has 0 aromatic heterocycles. The first kappa shape index (κ1) is 13.2. The molecule has 0 radical (unpaired) electrons. The first-order valence-electron chi connectivity index (χ1n) is 6.80. The molecular weight excluding hydrogens is 219 g/mol. The van der Waals surface area contributed by atoms with Crippen LogP contribution in [0.25, 0.3) is 0 Å². The molecule has 1 unspecified atom stereocenters. The molecule has 1 atom stereocenters. The monoisotopic (exact) mass is 242 g/mol. The number of rotatable bonds is 3. The predicted molar refractivity (Wildman–Crippen MR) is 81.0 cm³/mol. The number of nitrogens with two attached hydrogens (primary N) is 1. The first-order chi connectivity index (χ1) is 8.58. The Kier molecular flexibility index (Phi) is 4.13. The van der Waals surface area contributed by atoms with Crippen molar-refractivity contribution in [3.63, 3.8) is 0 Å². The average molecular weight is 242 g/mol. The molecule has 3 N–H and O–H groups in total. The van der Waals surface area contributed by atoms with E-state index in [4.69, 9.17) is 5.73 Å². The maximum absolute atomic E-state index is 6.35. The maximum Gasteiger partial charge on any atom is 0.136 e. The quantitative estimate of drug-likeness (QED) is 0.740. The van der Waals surface area contributed by atoms with E-state index in [2.05, 4.69) is 45.4 Å². The Hall–Kier alpha value is -1.22. The van der Waals surface area contributed by atoms with Gasteiger partial charge in [-0.25, -0.2) is 0 Å². The second-order valence-corrected chi connectivity index (χ2v) is 5.50. The Balaban J connectivity index is 2.06. The van der Waals surface area contributed by atoms with Crippen LogP contribution in [0, 0.1) is 0 Å². The SMILES string of the molecule is BC1=C(C)C(CC(N)C2=CCCC(C)=C2)=CNC1. The number of nitrogens with one attached hydrogen (secondary N) is 1. The zero-order valence-corrected chi connectivity index (χ0v) is 11.7. The van der Waals surface area contributed by atoms with Crippen LogP contribution in [0.2, 0.25) is 0 Å². The number of hydrogen-bond donors (Lipinski definition) is 2. The van der Waals surface area contributed by atoms with Gasteiger partial charge in [0.2, 0.25) is 0 Å². The Morgan fingerprint density at radius 2 is 2.22 bits per heavy atom. The summed E-state index contributed by atoms with van der Waals surface area (Å²) < 4.78 is 0. The Labute approximate surface area is 111 Å². The van der Waals surface area contributed by atoms with Gasteiger partial charge in [-0.2, -0.15) is 0 Å². The van der Waals surface area contributed by atoms with Crippen LogP contribution >= 0.6 is 0 Å². The molecule has 0 saturated heterocycles. The molecule has 96 valence electrons. The standard InChI is InChI=1S/C15H23BN2/c1-10-4-3-5-12(6-10)15(17)7-13-8-18-9-14(16)11(13)2/h5-6,8,15,18H,3-4,7,9,16-17H2,1-2H3. The summed E-state index contributed by atoms with van der Waals surface area (Å²) in [6.45, 7) is 5.35. The van der Waals surface area contributed by atoms with Gasteiger partial charge in [0.05, 0.1) is 0 Å². The highest BCUT2D eigenvalue weighted by Crippen LogP contribution is 2.25. The Morgan fingerprint density at radius 3 is 2.94 bits per heavy atom. The third-order valence-corrected chi connectivity index (χ3v) is 3.97. The van der Waals surface area contributed by atoms with Crippen LogP contribution in [0.3, 0.4) is 0 Å². The summed E-state index contributed by atoms with van der Waals surface area (Å²) in [6.07, 6.45) is 9.92. The molecule has 18 heavy (non-hydrogen) atoms. The predicted octanol–water partition coefficient (Wildman–Crippen LogP) is 1.76. The molecule has 2 rings (SSSR count). The molecule has 0 fully saturated rings. The molecule has 2 nitrogen and oxygen atoms in total. The normalized spacial score (nSPS) is 21.8. The molecule has 1 aliphatic carbocycles. The third-order valence-electron chi connectivity index (χ3n) is 3.97. The summed E-state index contributed by atoms with van der Waals surface area (Å²) in [7, 11) is 2.19. The second kappa shape index (κ2) is 5.62. The van der Waals surface area contributed by atoms with Gasteiger partial charge in [0.15, 0.2) is 0 Å². The fourth-order valence-corrected chi connectivity index (χ4v) is 2.55. The van der Waals surface area contributed by atoms with Crippen molar-refractivity contribution >= 4 is 7.85 Å². The van der Waals surface area contributed by atoms with Gasteiger partial charge in [-0.05, 0) is 44.3 Å². The number of dihydropyridines is 1. The van der Waals surface area contributed by atoms with E-state index >= 15 is 0 Å². The fraction of sp³-hybridized carbons (Fsp3) is 0.467. The molecule has 0 aromatic rings. The van der Waals surface area contributed by atoms with E-state index < -0.39 is 0 Å². The molecule has 0 amide bonds. The Bertz CT molecular complexity index is 455. The highest BCUT2D eigenvalue weighted by atomic mass is 14.8. The fourth-order valence-electron chi connectivity index (χ4n) is 2.55. The van der Waals surface area contributed by atoms with E-state index in [-0.39, 0.29) is 6.04 Å². The molecule has 2 aliphatic rings. The largest absolute Gasteiger partial charge is 0.388 e. The van der Waals surface area contributed by atoms with E-state index in [0.29, 0.717) is 0 Å². The van der Waals surface area contributed by atoms with Gasteiger partial charge in [-0.3, -0.25) is 0 Å². The minimum absolute atomic E-state index is 0.120. The Morgan fingerprint density at radius 1 is 1.44 bits per heavy atom. The van der Waals surface area contributed by atoms with Crippen LogP contribution in [-0.2, 0) is 0 Å². The zero-order chi connectivity index (χ0) is 13.1. The van der Waals surface area contributed by atoms with Crippen LogP contribution in [0.4, 0.5) is 0 Å². The van der Waals surface area contributed by atoms with E-state index in [1.54, 1.807) is 0 Å². The van der Waals surface area contributed by atoms with Crippen LogP contribution in [-0.4, -0.2) is 20.4 Å². The van der Waals surface area contributed by atoms with Crippen molar-refractivity contribution in [2.24, 2.45) is 5.73 Å². The van der Waals surface area contributed by atoms with Crippen LogP contribution in [0.5, 0.6) is 0 Å². The van der Waals surface area contributed by atoms with Crippen LogP contribution in [0.15, 0.2) is 46.1 Å². The summed E-state index contributed by atoms with van der Waals surface area (Å²) in [4.78, 5) is 0. The third kappa shape index (κ3) is 2.96. The van der Waals surface area contributed by atoms with Gasteiger partial charge in [-0.1, -0.05) is 28.8 Å². The summed E-state index contributed by atoms with van der Waals surface area (Å²) in [5.41, 5.74) is 13.3. The van der Waals surface area contributed by atoms with Gasteiger partial charge < -0.3 is 11.1 Å². The van der Waals surface area contributed by atoms with E-state index in [9.17, 15) is 0 Å². The van der Waals surface area contributed by atoms with Gasteiger partial charge in [-0.15, -0.1) is 0 Å². The zero-order valence-electron chi connectivity index (χ0n) is 11.7. The molecular formula is C15H23BN2. The van der Waals surface area contributed by atoms with Gasteiger partial charge in [0.25, 0.3) is 0 Å². The molecule has 0 aromatic carbocycles. The van der Waals surface area contributed by atoms with Gasteiger partial charge in [0.1, 0.15) is 7.85 Å². The summed E-state index contributed by atoms with van der Waals surface area (Å²) in [5, 5.41) is 3.32. The van der Waals surface area contributed by atoms with Crippen molar-refractivity contribution < 1.29 is 0 Å². The lowest BCUT2D eigenvalue weighted by Crippen LogP contribution is -2.26. The van der Waals surface area contributed by atoms with Crippen molar-refractivity contribution in [2.45, 2.75) is 39.2 Å². The van der Waals surface area contributed by atoms with Crippen LogP contribution in [0.1, 0.15) is 33.1 Å². The van der Waals surface area contributed by atoms with E-state index in [1.807, 2.05) is 0 Å². The summed E-state index contributed by atoms with van der Waals surface area (Å²) >= 11 is 0. The summed E-state index contributed by atoms with van der Waals surface area (Å²) in [6, 6.07) is 0.120. The lowest BCUT2D eigenvalue weighted by Gasteiger charge is -2.23. The minimum Gasteiger partial charge on any atom is -0.388 e. The molecule has 1 heterocycles. The maximum atomic E-state index is 6.35. The smallest absolute Gasteiger partial charge is 0.136 e. The van der Waals surface area contributed by atoms with Crippen molar-refractivity contribution in [3.05, 3.63) is 46.1 Å². The van der Waals surface area contributed by atoms with Crippen molar-refractivity contribution in [3.8, 4) is 0 Å². The van der Waals surface area contributed by atoms with Crippen molar-refractivity contribution in [1.29, 1.82) is 0 Å². The highest BCUT2D eigenvalue weighted by molar-refractivity contribution is 6.22. The second-order valence-electron chi connectivity index (χ2n) is 5.50. The average Bonchev–Trinajstić information content (AvgIpc) is 2.35. The lowest BCUT2D eigenvalue weighted by atomic mass is 9.83. The van der Waals surface area contributed by atoms with Gasteiger partial charge >= 0.3 is 0 Å². The molecule has 0 saturated carbocycles. The molecule has 1 aliphatic heterocycles.